The highest BCUT2D eigenvalue weighted by Gasteiger charge is 2.68. The molecule has 8 nitrogen and oxygen atoms in total. The molecule has 16 atom stereocenters. The minimum Gasteiger partial charge on any atom is -0.394 e. The molecule has 1 spiro atoms. The second kappa shape index (κ2) is 10.2. The highest BCUT2D eigenvalue weighted by atomic mass is 16.7. The van der Waals surface area contributed by atoms with E-state index in [1.54, 1.807) is 0 Å². The summed E-state index contributed by atoms with van der Waals surface area (Å²) in [6.07, 6.45) is 6.24. The quantitative estimate of drug-likeness (QED) is 0.377. The van der Waals surface area contributed by atoms with Gasteiger partial charge in [0.15, 0.2) is 12.1 Å². The second-order valence-corrected chi connectivity index (χ2v) is 15.5. The minimum atomic E-state index is -1.41. The van der Waals surface area contributed by atoms with E-state index in [9.17, 15) is 20.4 Å². The molecule has 0 aromatic heterocycles. The first-order valence-electron chi connectivity index (χ1n) is 16.5. The van der Waals surface area contributed by atoms with Gasteiger partial charge in [0.05, 0.1) is 25.4 Å². The Morgan fingerprint density at radius 3 is 2.51 bits per heavy atom. The largest absolute Gasteiger partial charge is 0.394 e. The molecule has 4 N–H and O–H groups in total. The molecule has 3 saturated carbocycles. The zero-order valence-corrected chi connectivity index (χ0v) is 25.3. The van der Waals surface area contributed by atoms with Gasteiger partial charge in [0.25, 0.3) is 0 Å². The Morgan fingerprint density at radius 2 is 1.78 bits per heavy atom. The van der Waals surface area contributed by atoms with E-state index in [2.05, 4.69) is 33.8 Å². The van der Waals surface area contributed by atoms with Gasteiger partial charge < -0.3 is 39.4 Å². The van der Waals surface area contributed by atoms with E-state index in [-0.39, 0.29) is 17.3 Å². The lowest BCUT2D eigenvalue weighted by Crippen LogP contribution is -2.60. The van der Waals surface area contributed by atoms with Crippen LogP contribution in [-0.4, -0.2) is 82.3 Å². The van der Waals surface area contributed by atoms with Crippen LogP contribution in [0.15, 0.2) is 11.6 Å². The van der Waals surface area contributed by atoms with Crippen LogP contribution in [0.25, 0.3) is 0 Å². The topological polar surface area (TPSA) is 118 Å². The van der Waals surface area contributed by atoms with E-state index >= 15 is 0 Å². The first kappa shape index (κ1) is 29.1. The number of aliphatic hydroxyl groups is 4. The average Bonchev–Trinajstić information content (AvgIpc) is 3.40. The summed E-state index contributed by atoms with van der Waals surface area (Å²) in [7, 11) is 0. The number of hydrogen-bond donors (Lipinski definition) is 4. The van der Waals surface area contributed by atoms with Gasteiger partial charge in [0, 0.05) is 12.3 Å². The molecule has 6 fully saturated rings. The van der Waals surface area contributed by atoms with Crippen molar-refractivity contribution in [1.29, 1.82) is 0 Å². The molecule has 0 amide bonds. The molecule has 0 aromatic carbocycles. The van der Waals surface area contributed by atoms with E-state index in [1.807, 2.05) is 0 Å². The van der Waals surface area contributed by atoms with Crippen molar-refractivity contribution < 1.29 is 39.4 Å². The molecule has 11 unspecified atom stereocenters. The molecule has 8 heteroatoms. The van der Waals surface area contributed by atoms with Gasteiger partial charge in [-0.05, 0) is 91.8 Å². The van der Waals surface area contributed by atoms with Gasteiger partial charge in [-0.25, -0.2) is 0 Å². The summed E-state index contributed by atoms with van der Waals surface area (Å²) >= 11 is 0. The third-order valence-electron chi connectivity index (χ3n) is 13.5. The van der Waals surface area contributed by atoms with Crippen LogP contribution in [0.3, 0.4) is 0 Å². The molecule has 3 aliphatic heterocycles. The first-order chi connectivity index (χ1) is 19.5. The molecule has 7 aliphatic rings. The second-order valence-electron chi connectivity index (χ2n) is 15.5. The van der Waals surface area contributed by atoms with Crippen LogP contribution in [0.2, 0.25) is 0 Å². The Kier molecular flexibility index (Phi) is 7.27. The van der Waals surface area contributed by atoms with Gasteiger partial charge in [0.2, 0.25) is 0 Å². The Bertz CT molecular complexity index is 1020. The predicted octanol–water partition coefficient (Wildman–Crippen LogP) is 3.54. The number of ether oxygens (including phenoxy) is 4. The molecule has 232 valence electrons. The number of rotatable bonds is 3. The maximum atomic E-state index is 10.5. The maximum absolute atomic E-state index is 10.5. The fourth-order valence-corrected chi connectivity index (χ4v) is 11.1. The first-order valence-corrected chi connectivity index (χ1v) is 16.5. The summed E-state index contributed by atoms with van der Waals surface area (Å²) in [5.41, 5.74) is 1.91. The molecule has 0 radical (unpaired) electrons. The highest BCUT2D eigenvalue weighted by Crippen LogP contribution is 2.70. The summed E-state index contributed by atoms with van der Waals surface area (Å²) in [5.74, 6) is 3.28. The van der Waals surface area contributed by atoms with Gasteiger partial charge >= 0.3 is 0 Å². The van der Waals surface area contributed by atoms with Crippen LogP contribution >= 0.6 is 0 Å². The van der Waals surface area contributed by atoms with Crippen molar-refractivity contribution in [3.63, 3.8) is 0 Å². The summed E-state index contributed by atoms with van der Waals surface area (Å²) in [5, 5.41) is 40.4. The number of fused-ring (bicyclic) bond motifs is 7. The molecule has 41 heavy (non-hydrogen) atoms. The third-order valence-corrected chi connectivity index (χ3v) is 13.5. The molecule has 4 aliphatic carbocycles. The van der Waals surface area contributed by atoms with Crippen LogP contribution in [-0.2, 0) is 18.9 Å². The van der Waals surface area contributed by atoms with Crippen molar-refractivity contribution in [3.8, 4) is 0 Å². The molecular weight excluding hydrogens is 524 g/mol. The highest BCUT2D eigenvalue weighted by molar-refractivity contribution is 5.26. The van der Waals surface area contributed by atoms with Gasteiger partial charge in [-0.1, -0.05) is 39.3 Å². The summed E-state index contributed by atoms with van der Waals surface area (Å²) in [6, 6.07) is 0. The monoisotopic (exact) mass is 576 g/mol. The van der Waals surface area contributed by atoms with Gasteiger partial charge in [-0.2, -0.15) is 0 Å². The smallest absolute Gasteiger partial charge is 0.186 e. The van der Waals surface area contributed by atoms with Crippen LogP contribution < -0.4 is 0 Å². The van der Waals surface area contributed by atoms with Crippen LogP contribution in [0.5, 0.6) is 0 Å². The predicted molar refractivity (Wildman–Crippen MR) is 150 cm³/mol. The fourth-order valence-electron chi connectivity index (χ4n) is 11.1. The zero-order chi connectivity index (χ0) is 28.9. The lowest BCUT2D eigenvalue weighted by atomic mass is 9.47. The SMILES string of the molecule is CC1CCC2(OC1)OC1CC3C4CC=C5CC(OC6OC(CO)[C@H](O)[C@H](O)[C@H]6O)CC[C@]5(C)C4CC[C@]3(C)C1C2C. The fraction of sp³-hybridized carbons (Fsp3) is 0.939. The van der Waals surface area contributed by atoms with Gasteiger partial charge in [-0.15, -0.1) is 0 Å². The van der Waals surface area contributed by atoms with Crippen molar-refractivity contribution >= 4 is 0 Å². The summed E-state index contributed by atoms with van der Waals surface area (Å²) in [4.78, 5) is 0. The van der Waals surface area contributed by atoms with Crippen LogP contribution in [0, 0.1) is 46.3 Å². The van der Waals surface area contributed by atoms with Crippen LogP contribution in [0.1, 0.15) is 85.5 Å². The average molecular weight is 577 g/mol. The number of allylic oxidation sites excluding steroid dienone is 1. The third kappa shape index (κ3) is 4.29. The van der Waals surface area contributed by atoms with E-state index < -0.39 is 37.3 Å². The van der Waals surface area contributed by atoms with Gasteiger partial charge in [-0.3, -0.25) is 0 Å². The van der Waals surface area contributed by atoms with Crippen LogP contribution in [0.4, 0.5) is 0 Å². The van der Waals surface area contributed by atoms with E-state index in [0.29, 0.717) is 47.0 Å². The Labute approximate surface area is 244 Å². The lowest BCUT2D eigenvalue weighted by molar-refractivity contribution is -0.313. The molecule has 3 saturated heterocycles. The molecule has 3 heterocycles. The van der Waals surface area contributed by atoms with E-state index in [4.69, 9.17) is 18.9 Å². The normalized spacial score (nSPS) is 58.3. The van der Waals surface area contributed by atoms with Gasteiger partial charge in [0.1, 0.15) is 24.4 Å². The summed E-state index contributed by atoms with van der Waals surface area (Å²) in [6.45, 7) is 10.1. The molecule has 0 aromatic rings. The molecule has 0 bridgehead atoms. The van der Waals surface area contributed by atoms with Crippen molar-refractivity contribution in [2.45, 2.75) is 134 Å². The Morgan fingerprint density at radius 1 is 0.976 bits per heavy atom. The van der Waals surface area contributed by atoms with Crippen molar-refractivity contribution in [2.75, 3.05) is 13.2 Å². The molecular formula is C33H52O8. The summed E-state index contributed by atoms with van der Waals surface area (Å²) < 4.78 is 25.3. The number of aliphatic hydroxyl groups excluding tert-OH is 4. The molecule has 7 rings (SSSR count). The van der Waals surface area contributed by atoms with Crippen molar-refractivity contribution in [2.24, 2.45) is 46.3 Å². The van der Waals surface area contributed by atoms with E-state index in [0.717, 1.165) is 45.1 Å². The Balaban J connectivity index is 1.05. The zero-order valence-electron chi connectivity index (χ0n) is 25.3. The Hall–Kier alpha value is -0.580. The van der Waals surface area contributed by atoms with E-state index in [1.165, 1.54) is 24.8 Å². The van der Waals surface area contributed by atoms with Crippen molar-refractivity contribution in [1.82, 2.24) is 0 Å². The maximum Gasteiger partial charge on any atom is 0.186 e. The van der Waals surface area contributed by atoms with Crippen molar-refractivity contribution in [3.05, 3.63) is 11.6 Å². The minimum absolute atomic E-state index is 0.129. The lowest BCUT2D eigenvalue weighted by Gasteiger charge is -2.58. The number of hydrogen-bond acceptors (Lipinski definition) is 8. The standard InChI is InChI=1S/C33H52O8/c1-17-7-12-33(38-16-17)18(2)26-24(41-33)14-23-21-6-5-19-13-20(8-10-31(19,3)22(21)9-11-32(23,26)4)39-30-29(37)28(36)27(35)25(15-34)40-30/h5,17-18,20-30,34-37H,6-16H2,1-4H3/t17?,18?,20?,21?,22?,23?,24?,25?,26?,27-,28-,29+,30?,31-,32-,33?/m0/s1.